The zero-order valence-corrected chi connectivity index (χ0v) is 15.5. The lowest BCUT2D eigenvalue weighted by atomic mass is 9.93. The van der Waals surface area contributed by atoms with E-state index in [0.29, 0.717) is 5.91 Å². The number of likely N-dealkylation sites (tertiary alicyclic amines) is 2. The van der Waals surface area contributed by atoms with E-state index in [-0.39, 0.29) is 23.8 Å². The molecule has 1 aliphatic carbocycles. The van der Waals surface area contributed by atoms with E-state index in [1.54, 1.807) is 6.20 Å². The summed E-state index contributed by atoms with van der Waals surface area (Å²) in [5.74, 6) is 0.933. The summed E-state index contributed by atoms with van der Waals surface area (Å²) in [6.45, 7) is 2.34. The molecule has 4 rings (SSSR count). The number of hydrogen-bond acceptors (Lipinski definition) is 3. The molecule has 26 heavy (non-hydrogen) atoms. The zero-order valence-electron chi connectivity index (χ0n) is 15.5. The standard InChI is InChI=1S/C21H29N3O2/c25-20(16-5-1-2-6-16)23-13-9-17(10-14-23)21(26)24-12-4-8-19(24)18-7-3-11-22-15-18/h3,7,11,15-17,19H,1-2,4-6,8-10,12-14H2. The Kier molecular flexibility index (Phi) is 5.23. The smallest absolute Gasteiger partial charge is 0.226 e. The van der Waals surface area contributed by atoms with E-state index in [0.717, 1.165) is 63.7 Å². The number of carbonyl (C=O) groups excluding carboxylic acids is 2. The first kappa shape index (κ1) is 17.5. The minimum Gasteiger partial charge on any atom is -0.342 e. The molecule has 5 heteroatoms. The van der Waals surface area contributed by atoms with Gasteiger partial charge in [0.05, 0.1) is 6.04 Å². The van der Waals surface area contributed by atoms with Crippen LogP contribution in [0.15, 0.2) is 24.5 Å². The van der Waals surface area contributed by atoms with E-state index in [9.17, 15) is 9.59 Å². The summed E-state index contributed by atoms with van der Waals surface area (Å²) in [6, 6.07) is 4.20. The number of carbonyl (C=O) groups is 2. The van der Waals surface area contributed by atoms with Crippen molar-refractivity contribution in [2.75, 3.05) is 19.6 Å². The normalized spacial score (nSPS) is 25.0. The Balaban J connectivity index is 1.35. The Hall–Kier alpha value is -1.91. The number of nitrogens with zero attached hydrogens (tertiary/aromatic N) is 3. The molecule has 3 aliphatic rings. The number of piperidine rings is 1. The molecule has 0 aromatic carbocycles. The summed E-state index contributed by atoms with van der Waals surface area (Å²) in [6.07, 6.45) is 11.9. The summed E-state index contributed by atoms with van der Waals surface area (Å²) in [5.41, 5.74) is 1.15. The van der Waals surface area contributed by atoms with Gasteiger partial charge in [0.1, 0.15) is 0 Å². The molecule has 1 aromatic heterocycles. The maximum atomic E-state index is 13.1. The van der Waals surface area contributed by atoms with Crippen molar-refractivity contribution < 1.29 is 9.59 Å². The van der Waals surface area contributed by atoms with E-state index in [4.69, 9.17) is 0 Å². The number of hydrogen-bond donors (Lipinski definition) is 0. The second-order valence-corrected chi connectivity index (χ2v) is 8.06. The third-order valence-corrected chi connectivity index (χ3v) is 6.47. The van der Waals surface area contributed by atoms with E-state index < -0.39 is 0 Å². The first-order chi connectivity index (χ1) is 12.7. The molecule has 0 N–H and O–H groups in total. The first-order valence-corrected chi connectivity index (χ1v) is 10.2. The van der Waals surface area contributed by atoms with Gasteiger partial charge in [-0.1, -0.05) is 18.9 Å². The van der Waals surface area contributed by atoms with E-state index in [1.807, 2.05) is 17.2 Å². The van der Waals surface area contributed by atoms with Crippen LogP contribution in [-0.2, 0) is 9.59 Å². The van der Waals surface area contributed by atoms with Crippen molar-refractivity contribution in [3.05, 3.63) is 30.1 Å². The lowest BCUT2D eigenvalue weighted by Gasteiger charge is -2.36. The highest BCUT2D eigenvalue weighted by molar-refractivity contribution is 5.81. The molecule has 2 aliphatic heterocycles. The van der Waals surface area contributed by atoms with E-state index in [2.05, 4.69) is 16.0 Å². The van der Waals surface area contributed by atoms with Crippen LogP contribution in [0.3, 0.4) is 0 Å². The monoisotopic (exact) mass is 355 g/mol. The van der Waals surface area contributed by atoms with Gasteiger partial charge in [-0.15, -0.1) is 0 Å². The van der Waals surface area contributed by atoms with Crippen LogP contribution >= 0.6 is 0 Å². The molecule has 140 valence electrons. The molecule has 0 bridgehead atoms. The number of aromatic nitrogens is 1. The fourth-order valence-corrected chi connectivity index (χ4v) is 4.96. The third-order valence-electron chi connectivity index (χ3n) is 6.47. The van der Waals surface area contributed by atoms with Crippen molar-refractivity contribution in [1.82, 2.24) is 14.8 Å². The van der Waals surface area contributed by atoms with Gasteiger partial charge in [0.25, 0.3) is 0 Å². The Bertz CT molecular complexity index is 634. The average molecular weight is 355 g/mol. The van der Waals surface area contributed by atoms with Crippen molar-refractivity contribution in [2.45, 2.75) is 57.4 Å². The van der Waals surface area contributed by atoms with Crippen LogP contribution in [0, 0.1) is 11.8 Å². The predicted octanol–water partition coefficient (Wildman–Crippen LogP) is 3.17. The molecule has 0 spiro atoms. The van der Waals surface area contributed by atoms with Gasteiger partial charge in [0.2, 0.25) is 11.8 Å². The molecule has 1 atom stereocenters. The molecule has 1 aromatic rings. The largest absolute Gasteiger partial charge is 0.342 e. The minimum absolute atomic E-state index is 0.0694. The summed E-state index contributed by atoms with van der Waals surface area (Å²) >= 11 is 0. The fraction of sp³-hybridized carbons (Fsp3) is 0.667. The number of amides is 2. The number of rotatable bonds is 3. The second kappa shape index (κ2) is 7.77. The Labute approximate surface area is 155 Å². The molecular weight excluding hydrogens is 326 g/mol. The van der Waals surface area contributed by atoms with Gasteiger partial charge in [0.15, 0.2) is 0 Å². The summed E-state index contributed by atoms with van der Waals surface area (Å²) in [4.78, 5) is 34.0. The molecule has 2 amide bonds. The van der Waals surface area contributed by atoms with Crippen LogP contribution in [0.4, 0.5) is 0 Å². The van der Waals surface area contributed by atoms with E-state index >= 15 is 0 Å². The van der Waals surface area contributed by atoms with Gasteiger partial charge in [-0.3, -0.25) is 14.6 Å². The molecule has 1 unspecified atom stereocenters. The van der Waals surface area contributed by atoms with Gasteiger partial charge < -0.3 is 9.80 Å². The molecular formula is C21H29N3O2. The van der Waals surface area contributed by atoms with Crippen LogP contribution in [0.2, 0.25) is 0 Å². The third kappa shape index (κ3) is 3.49. The highest BCUT2D eigenvalue weighted by atomic mass is 16.2. The van der Waals surface area contributed by atoms with Gasteiger partial charge in [-0.05, 0) is 50.2 Å². The fourth-order valence-electron chi connectivity index (χ4n) is 4.96. The van der Waals surface area contributed by atoms with Crippen molar-refractivity contribution >= 4 is 11.8 Å². The Morgan fingerprint density at radius 1 is 0.885 bits per heavy atom. The maximum Gasteiger partial charge on any atom is 0.226 e. The molecule has 5 nitrogen and oxygen atoms in total. The lowest BCUT2D eigenvalue weighted by Crippen LogP contribution is -2.45. The Morgan fingerprint density at radius 3 is 2.31 bits per heavy atom. The highest BCUT2D eigenvalue weighted by Gasteiger charge is 2.37. The van der Waals surface area contributed by atoms with Crippen LogP contribution in [0.5, 0.6) is 0 Å². The highest BCUT2D eigenvalue weighted by Crippen LogP contribution is 2.35. The van der Waals surface area contributed by atoms with Gasteiger partial charge >= 0.3 is 0 Å². The quantitative estimate of drug-likeness (QED) is 0.837. The van der Waals surface area contributed by atoms with Crippen LogP contribution < -0.4 is 0 Å². The summed E-state index contributed by atoms with van der Waals surface area (Å²) in [5, 5.41) is 0. The van der Waals surface area contributed by atoms with Gasteiger partial charge in [0, 0.05) is 43.9 Å². The summed E-state index contributed by atoms with van der Waals surface area (Å²) in [7, 11) is 0. The lowest BCUT2D eigenvalue weighted by molar-refractivity contribution is -0.143. The van der Waals surface area contributed by atoms with Crippen LogP contribution in [0.1, 0.15) is 63.0 Å². The number of pyridine rings is 1. The summed E-state index contributed by atoms with van der Waals surface area (Å²) < 4.78 is 0. The second-order valence-electron chi connectivity index (χ2n) is 8.06. The topological polar surface area (TPSA) is 53.5 Å². The van der Waals surface area contributed by atoms with Crippen molar-refractivity contribution in [3.63, 3.8) is 0 Å². The molecule has 3 heterocycles. The van der Waals surface area contributed by atoms with E-state index in [1.165, 1.54) is 12.8 Å². The Morgan fingerprint density at radius 2 is 1.62 bits per heavy atom. The molecule has 3 fully saturated rings. The minimum atomic E-state index is 0.0694. The van der Waals surface area contributed by atoms with Crippen LogP contribution in [0.25, 0.3) is 0 Å². The molecule has 1 saturated carbocycles. The van der Waals surface area contributed by atoms with Crippen molar-refractivity contribution in [1.29, 1.82) is 0 Å². The molecule has 2 saturated heterocycles. The van der Waals surface area contributed by atoms with Gasteiger partial charge in [-0.25, -0.2) is 0 Å². The van der Waals surface area contributed by atoms with Crippen LogP contribution in [-0.4, -0.2) is 46.2 Å². The zero-order chi connectivity index (χ0) is 17.9. The van der Waals surface area contributed by atoms with Gasteiger partial charge in [-0.2, -0.15) is 0 Å². The SMILES string of the molecule is O=C(C1CCCC1)N1CCC(C(=O)N2CCCC2c2cccnc2)CC1. The molecule has 0 radical (unpaired) electrons. The van der Waals surface area contributed by atoms with Crippen molar-refractivity contribution in [2.24, 2.45) is 11.8 Å². The van der Waals surface area contributed by atoms with Crippen molar-refractivity contribution in [3.8, 4) is 0 Å². The maximum absolute atomic E-state index is 13.1. The average Bonchev–Trinajstić information content (AvgIpc) is 3.39. The first-order valence-electron chi connectivity index (χ1n) is 10.2. The predicted molar refractivity (Wildman–Crippen MR) is 99.2 cm³/mol.